The number of piperazine rings is 1. The number of anilines is 3. The van der Waals surface area contributed by atoms with Gasteiger partial charge in [-0.15, -0.1) is 0 Å². The minimum atomic E-state index is -3.60. The maximum atomic E-state index is 12.6. The van der Waals surface area contributed by atoms with Crippen LogP contribution in [0.4, 0.5) is 17.1 Å². The highest BCUT2D eigenvalue weighted by molar-refractivity contribution is 7.92. The quantitative estimate of drug-likeness (QED) is 0.730. The van der Waals surface area contributed by atoms with Gasteiger partial charge in [-0.25, -0.2) is 8.42 Å². The normalized spacial score (nSPS) is 15.1. The average molecular weight is 431 g/mol. The number of amides is 1. The molecule has 0 aromatic heterocycles. The van der Waals surface area contributed by atoms with Gasteiger partial charge in [-0.3, -0.25) is 9.10 Å². The van der Waals surface area contributed by atoms with E-state index in [1.807, 2.05) is 43.3 Å². The molecule has 2 aromatic carbocycles. The summed E-state index contributed by atoms with van der Waals surface area (Å²) in [6.07, 6.45) is 1.80. The number of aryl methyl sites for hydroxylation is 1. The fraction of sp³-hybridized carbons (Fsp3) is 0.409. The number of rotatable bonds is 7. The zero-order valence-corrected chi connectivity index (χ0v) is 18.7. The third-order valence-electron chi connectivity index (χ3n) is 5.35. The summed E-state index contributed by atoms with van der Waals surface area (Å²) in [5, 5.41) is 2.82. The summed E-state index contributed by atoms with van der Waals surface area (Å²) in [5.41, 5.74) is 3.20. The van der Waals surface area contributed by atoms with E-state index in [1.54, 1.807) is 12.1 Å². The molecule has 0 unspecified atom stereocenters. The predicted octanol–water partition coefficient (Wildman–Crippen LogP) is 2.41. The number of hydrogen-bond acceptors (Lipinski definition) is 5. The van der Waals surface area contributed by atoms with Gasteiger partial charge in [-0.05, 0) is 49.4 Å². The van der Waals surface area contributed by atoms with Crippen molar-refractivity contribution < 1.29 is 13.2 Å². The predicted molar refractivity (Wildman–Crippen MR) is 123 cm³/mol. The summed E-state index contributed by atoms with van der Waals surface area (Å²) in [6.45, 7) is 5.69. The third-order valence-corrected chi connectivity index (χ3v) is 6.47. The smallest absolute Gasteiger partial charge is 0.245 e. The fourth-order valence-electron chi connectivity index (χ4n) is 3.59. The van der Waals surface area contributed by atoms with Crippen LogP contribution in [0.3, 0.4) is 0 Å². The molecular formula is C22H30N4O3S. The van der Waals surface area contributed by atoms with E-state index >= 15 is 0 Å². The Morgan fingerprint density at radius 2 is 1.67 bits per heavy atom. The van der Waals surface area contributed by atoms with Crippen LogP contribution >= 0.6 is 0 Å². The van der Waals surface area contributed by atoms with E-state index in [-0.39, 0.29) is 12.5 Å². The Kier molecular flexibility index (Phi) is 6.99. The van der Waals surface area contributed by atoms with E-state index in [9.17, 15) is 13.2 Å². The van der Waals surface area contributed by atoms with Crippen LogP contribution in [0.1, 0.15) is 12.5 Å². The van der Waals surface area contributed by atoms with Crippen molar-refractivity contribution >= 4 is 33.0 Å². The van der Waals surface area contributed by atoms with Crippen molar-refractivity contribution in [3.63, 3.8) is 0 Å². The maximum absolute atomic E-state index is 12.6. The Morgan fingerprint density at radius 1 is 1.03 bits per heavy atom. The van der Waals surface area contributed by atoms with Gasteiger partial charge in [-0.1, -0.05) is 25.1 Å². The number of hydrogen-bond donors (Lipinski definition) is 1. The van der Waals surface area contributed by atoms with Gasteiger partial charge in [0, 0.05) is 37.6 Å². The van der Waals surface area contributed by atoms with Gasteiger partial charge in [-0.2, -0.15) is 0 Å². The molecular weight excluding hydrogens is 400 g/mol. The molecule has 1 heterocycles. The number of carbonyl (C=O) groups excluding carboxylic acids is 1. The highest BCUT2D eigenvalue weighted by Gasteiger charge is 2.23. The molecule has 0 aliphatic carbocycles. The molecule has 0 bridgehead atoms. The van der Waals surface area contributed by atoms with Crippen LogP contribution in [0.15, 0.2) is 48.5 Å². The number of likely N-dealkylation sites (N-methyl/N-ethyl adjacent to an activating group) is 1. The summed E-state index contributed by atoms with van der Waals surface area (Å²) in [6, 6.07) is 14.9. The minimum absolute atomic E-state index is 0.268. The van der Waals surface area contributed by atoms with Crippen LogP contribution in [0.5, 0.6) is 0 Å². The number of para-hydroxylation sites is 1. The summed E-state index contributed by atoms with van der Waals surface area (Å²) in [7, 11) is -1.48. The van der Waals surface area contributed by atoms with Crippen molar-refractivity contribution in [2.75, 3.05) is 60.5 Å². The van der Waals surface area contributed by atoms with E-state index < -0.39 is 10.0 Å². The third kappa shape index (κ3) is 5.52. The Labute approximate surface area is 179 Å². The van der Waals surface area contributed by atoms with Crippen molar-refractivity contribution in [3.8, 4) is 0 Å². The van der Waals surface area contributed by atoms with E-state index in [0.717, 1.165) is 43.7 Å². The molecule has 1 fully saturated rings. The van der Waals surface area contributed by atoms with Gasteiger partial charge >= 0.3 is 0 Å². The molecule has 1 saturated heterocycles. The van der Waals surface area contributed by atoms with E-state index in [4.69, 9.17) is 0 Å². The number of carbonyl (C=O) groups is 1. The fourth-order valence-corrected chi connectivity index (χ4v) is 4.47. The molecule has 2 aromatic rings. The molecule has 0 atom stereocenters. The van der Waals surface area contributed by atoms with Crippen molar-refractivity contribution in [1.82, 2.24) is 4.90 Å². The van der Waals surface area contributed by atoms with Gasteiger partial charge in [0.2, 0.25) is 15.9 Å². The Morgan fingerprint density at radius 3 is 2.27 bits per heavy atom. The molecule has 0 radical (unpaired) electrons. The largest absolute Gasteiger partial charge is 0.369 e. The molecule has 1 aliphatic heterocycles. The first-order valence-electron chi connectivity index (χ1n) is 10.2. The van der Waals surface area contributed by atoms with E-state index in [1.165, 1.54) is 4.31 Å². The van der Waals surface area contributed by atoms with Crippen molar-refractivity contribution in [3.05, 3.63) is 54.1 Å². The molecule has 162 valence electrons. The maximum Gasteiger partial charge on any atom is 0.245 e. The second-order valence-corrected chi connectivity index (χ2v) is 9.54. The van der Waals surface area contributed by atoms with Crippen LogP contribution in [-0.4, -0.2) is 65.3 Å². The van der Waals surface area contributed by atoms with Crippen LogP contribution in [0.2, 0.25) is 0 Å². The highest BCUT2D eigenvalue weighted by atomic mass is 32.2. The minimum Gasteiger partial charge on any atom is -0.369 e. The highest BCUT2D eigenvalue weighted by Crippen LogP contribution is 2.24. The van der Waals surface area contributed by atoms with Crippen LogP contribution in [0, 0.1) is 0 Å². The summed E-state index contributed by atoms with van der Waals surface area (Å²) >= 11 is 0. The zero-order chi connectivity index (χ0) is 21.7. The lowest BCUT2D eigenvalue weighted by atomic mass is 10.1. The molecule has 1 amide bonds. The SMILES string of the molecule is CCc1ccccc1N(CC(=O)Nc1ccc(N2CCN(C)CC2)cc1)S(C)(=O)=O. The molecule has 0 spiro atoms. The molecule has 8 heteroatoms. The molecule has 1 N–H and O–H groups in total. The van der Waals surface area contributed by atoms with Crippen LogP contribution in [0.25, 0.3) is 0 Å². The van der Waals surface area contributed by atoms with Crippen LogP contribution in [-0.2, 0) is 21.2 Å². The summed E-state index contributed by atoms with van der Waals surface area (Å²) < 4.78 is 25.9. The molecule has 1 aliphatic rings. The zero-order valence-electron chi connectivity index (χ0n) is 17.8. The number of nitrogens with one attached hydrogen (secondary N) is 1. The standard InChI is InChI=1S/C22H30N4O3S/c1-4-18-7-5-6-8-21(18)26(30(3,28)29)17-22(27)23-19-9-11-20(12-10-19)25-15-13-24(2)14-16-25/h5-12H,4,13-17H2,1-3H3,(H,23,27). The first-order chi connectivity index (χ1) is 14.3. The van der Waals surface area contributed by atoms with E-state index in [2.05, 4.69) is 22.2 Å². The number of sulfonamides is 1. The van der Waals surface area contributed by atoms with Crippen molar-refractivity contribution in [1.29, 1.82) is 0 Å². The number of nitrogens with zero attached hydrogens (tertiary/aromatic N) is 3. The topological polar surface area (TPSA) is 73.0 Å². The van der Waals surface area contributed by atoms with Gasteiger partial charge in [0.1, 0.15) is 6.54 Å². The monoisotopic (exact) mass is 430 g/mol. The molecule has 7 nitrogen and oxygen atoms in total. The Balaban J connectivity index is 1.68. The lowest BCUT2D eigenvalue weighted by Crippen LogP contribution is -2.44. The van der Waals surface area contributed by atoms with Crippen molar-refractivity contribution in [2.45, 2.75) is 13.3 Å². The second-order valence-electron chi connectivity index (χ2n) is 7.64. The summed E-state index contributed by atoms with van der Waals surface area (Å²) in [4.78, 5) is 17.3. The summed E-state index contributed by atoms with van der Waals surface area (Å²) in [5.74, 6) is -0.376. The Hall–Kier alpha value is -2.58. The first kappa shape index (κ1) is 22.1. The molecule has 0 saturated carbocycles. The Bertz CT molecular complexity index is 968. The molecule has 3 rings (SSSR count). The van der Waals surface area contributed by atoms with E-state index in [0.29, 0.717) is 17.8 Å². The van der Waals surface area contributed by atoms with Gasteiger partial charge in [0.15, 0.2) is 0 Å². The lowest BCUT2D eigenvalue weighted by molar-refractivity contribution is -0.114. The van der Waals surface area contributed by atoms with Crippen LogP contribution < -0.4 is 14.5 Å². The van der Waals surface area contributed by atoms with Gasteiger partial charge in [0.05, 0.1) is 11.9 Å². The average Bonchev–Trinajstić information content (AvgIpc) is 2.72. The van der Waals surface area contributed by atoms with Gasteiger partial charge < -0.3 is 15.1 Å². The lowest BCUT2D eigenvalue weighted by Gasteiger charge is -2.34. The number of benzene rings is 2. The van der Waals surface area contributed by atoms with Crippen molar-refractivity contribution in [2.24, 2.45) is 0 Å². The first-order valence-corrected chi connectivity index (χ1v) is 12.0. The second kappa shape index (κ2) is 9.49. The molecule has 30 heavy (non-hydrogen) atoms. The van der Waals surface area contributed by atoms with Gasteiger partial charge in [0.25, 0.3) is 0 Å².